The van der Waals surface area contributed by atoms with Crippen LogP contribution >= 0.6 is 0 Å². The van der Waals surface area contributed by atoms with Gasteiger partial charge in [-0.2, -0.15) is 0 Å². The second kappa shape index (κ2) is 19.1. The van der Waals surface area contributed by atoms with Gasteiger partial charge in [0.25, 0.3) is 0 Å². The topological polar surface area (TPSA) is 175 Å². The summed E-state index contributed by atoms with van der Waals surface area (Å²) < 4.78 is 9.63. The zero-order chi connectivity index (χ0) is 45.1. The van der Waals surface area contributed by atoms with Crippen molar-refractivity contribution in [3.63, 3.8) is 0 Å². The van der Waals surface area contributed by atoms with Crippen LogP contribution in [-0.2, 0) is 44.7 Å². The molecule has 14 heteroatoms. The van der Waals surface area contributed by atoms with E-state index in [0.717, 1.165) is 91.1 Å². The minimum absolute atomic E-state index is 0.114. The van der Waals surface area contributed by atoms with Crippen molar-refractivity contribution in [3.05, 3.63) is 107 Å². The molecule has 336 valence electrons. The van der Waals surface area contributed by atoms with Gasteiger partial charge in [0, 0.05) is 36.6 Å². The van der Waals surface area contributed by atoms with Gasteiger partial charge < -0.3 is 39.9 Å². The molecule has 2 saturated heterocycles. The van der Waals surface area contributed by atoms with E-state index in [1.165, 1.54) is 42.0 Å². The molecule has 2 unspecified atom stereocenters. The Labute approximate surface area is 374 Å². The van der Waals surface area contributed by atoms with Gasteiger partial charge in [-0.05, 0) is 103 Å². The maximum atomic E-state index is 13.9. The number of nitrogens with zero attached hydrogens (tertiary/aromatic N) is 4. The quantitative estimate of drug-likeness (QED) is 0.103. The number of methoxy groups -OCH3 is 2. The number of likely N-dealkylation sites (tertiary alicyclic amines) is 2. The molecule has 11 rings (SSSR count). The van der Waals surface area contributed by atoms with Gasteiger partial charge in [-0.3, -0.25) is 9.59 Å². The van der Waals surface area contributed by atoms with E-state index in [9.17, 15) is 19.2 Å². The van der Waals surface area contributed by atoms with Gasteiger partial charge in [-0.25, -0.2) is 19.6 Å². The number of ether oxygens (including phenoxy) is 2. The summed E-state index contributed by atoms with van der Waals surface area (Å²) in [5.74, 6) is 0.967. The Morgan fingerprint density at radius 1 is 0.609 bits per heavy atom. The summed E-state index contributed by atoms with van der Waals surface area (Å²) in [5.41, 5.74) is 11.0. The highest BCUT2D eigenvalue weighted by atomic mass is 16.5. The van der Waals surface area contributed by atoms with Crippen LogP contribution in [0.15, 0.2) is 73.1 Å². The molecule has 4 heterocycles. The van der Waals surface area contributed by atoms with Gasteiger partial charge in [0.05, 0.1) is 37.7 Å². The maximum absolute atomic E-state index is 13.9. The summed E-state index contributed by atoms with van der Waals surface area (Å²) in [6.07, 6.45) is 9.29. The first kappa shape index (κ1) is 44.2. The van der Waals surface area contributed by atoms with Crippen LogP contribution in [0.1, 0.15) is 99.4 Å². The number of benzene rings is 3. The SMILES string of the molecule is COC(=O)NC(C(=O)N1CCC[C@H]1c1nc(-c2ccc(-c3cc4c(-c5c[nH]c([C@@H]6CCCN6C(=O)C(NC(=O)OC)C(C)C)n5)cc3CCc3ccc(cc3)CC4)cc2)c[nH]1)C(C)C. The van der Waals surface area contributed by atoms with Crippen molar-refractivity contribution >= 4 is 24.0 Å². The molecular formula is C50H60N8O6. The first-order valence-electron chi connectivity index (χ1n) is 22.7. The van der Waals surface area contributed by atoms with Crippen LogP contribution in [0.4, 0.5) is 9.59 Å². The molecule has 4 amide bonds. The summed E-state index contributed by atoms with van der Waals surface area (Å²) in [5, 5.41) is 5.47. The Kier molecular flexibility index (Phi) is 13.2. The first-order valence-corrected chi connectivity index (χ1v) is 22.7. The number of imidazole rings is 2. The van der Waals surface area contributed by atoms with Crippen LogP contribution in [0.25, 0.3) is 33.6 Å². The second-order valence-corrected chi connectivity index (χ2v) is 18.0. The number of aromatic nitrogens is 4. The third kappa shape index (κ3) is 9.27. The fourth-order valence-corrected chi connectivity index (χ4v) is 9.55. The molecule has 4 bridgehead atoms. The molecule has 0 saturated carbocycles. The molecule has 0 spiro atoms. The van der Waals surface area contributed by atoms with E-state index in [-0.39, 0.29) is 35.7 Å². The van der Waals surface area contributed by atoms with E-state index in [1.54, 1.807) is 0 Å². The van der Waals surface area contributed by atoms with E-state index < -0.39 is 24.3 Å². The Bertz CT molecular complexity index is 2470. The van der Waals surface area contributed by atoms with Crippen LogP contribution in [0.5, 0.6) is 0 Å². The van der Waals surface area contributed by atoms with E-state index in [2.05, 4.69) is 81.3 Å². The molecule has 4 atom stereocenters. The lowest BCUT2D eigenvalue weighted by Gasteiger charge is -2.30. The second-order valence-electron chi connectivity index (χ2n) is 18.0. The molecule has 64 heavy (non-hydrogen) atoms. The maximum Gasteiger partial charge on any atom is 0.407 e. The van der Waals surface area contributed by atoms with E-state index >= 15 is 0 Å². The minimum atomic E-state index is -0.704. The number of H-pyrrole nitrogens is 2. The van der Waals surface area contributed by atoms with Crippen molar-refractivity contribution in [2.45, 2.75) is 103 Å². The number of hydrogen-bond donors (Lipinski definition) is 4. The van der Waals surface area contributed by atoms with E-state index in [4.69, 9.17) is 19.4 Å². The predicted octanol–water partition coefficient (Wildman–Crippen LogP) is 8.11. The van der Waals surface area contributed by atoms with Crippen molar-refractivity contribution in [2.24, 2.45) is 11.8 Å². The Morgan fingerprint density at radius 3 is 1.53 bits per heavy atom. The fourth-order valence-electron chi connectivity index (χ4n) is 9.55. The van der Waals surface area contributed by atoms with Crippen LogP contribution < -0.4 is 10.6 Å². The smallest absolute Gasteiger partial charge is 0.407 e. The minimum Gasteiger partial charge on any atom is -0.453 e. The molecule has 2 aromatic heterocycles. The molecule has 4 aliphatic carbocycles. The number of aromatic amines is 2. The Balaban J connectivity index is 1.06. The molecule has 2 aliphatic heterocycles. The van der Waals surface area contributed by atoms with Crippen molar-refractivity contribution in [1.82, 2.24) is 40.4 Å². The zero-order valence-corrected chi connectivity index (χ0v) is 37.7. The molecule has 6 aliphatic rings. The number of carbonyl (C=O) groups excluding carboxylic acids is 4. The summed E-state index contributed by atoms with van der Waals surface area (Å²) in [6.45, 7) is 8.84. The average molecular weight is 869 g/mol. The van der Waals surface area contributed by atoms with Gasteiger partial charge in [0.2, 0.25) is 11.8 Å². The monoisotopic (exact) mass is 868 g/mol. The van der Waals surface area contributed by atoms with Gasteiger partial charge in [0.1, 0.15) is 23.7 Å². The Hall–Kier alpha value is -6.44. The fraction of sp³-hybridized carbons (Fsp3) is 0.440. The summed E-state index contributed by atoms with van der Waals surface area (Å²) in [4.78, 5) is 72.5. The number of aryl methyl sites for hydroxylation is 4. The van der Waals surface area contributed by atoms with E-state index in [1.807, 2.05) is 49.9 Å². The largest absolute Gasteiger partial charge is 0.453 e. The van der Waals surface area contributed by atoms with Crippen LogP contribution in [0.2, 0.25) is 0 Å². The van der Waals surface area contributed by atoms with Gasteiger partial charge in [-0.15, -0.1) is 0 Å². The molecular weight excluding hydrogens is 809 g/mol. The molecule has 2 fully saturated rings. The highest BCUT2D eigenvalue weighted by Gasteiger charge is 2.39. The van der Waals surface area contributed by atoms with Gasteiger partial charge >= 0.3 is 12.2 Å². The summed E-state index contributed by atoms with van der Waals surface area (Å²) in [7, 11) is 2.60. The number of hydrogen-bond acceptors (Lipinski definition) is 8. The lowest BCUT2D eigenvalue weighted by Crippen LogP contribution is -2.51. The van der Waals surface area contributed by atoms with Crippen molar-refractivity contribution in [1.29, 1.82) is 0 Å². The number of rotatable bonds is 11. The van der Waals surface area contributed by atoms with Crippen molar-refractivity contribution in [2.75, 3.05) is 27.3 Å². The number of nitrogens with one attached hydrogen (secondary N) is 4. The standard InChI is InChI=1S/C50H60N8O6/c1-29(2)43(55-49(61)63-5)47(59)57-23-7-9-41(57)45-51-27-39(53-45)34-21-19-33(20-22-34)37-25-36-18-16-32-13-11-31(12-14-32)15-17-35(37)26-38(36)40-28-52-46(54-40)42-10-8-24-58(42)48(60)44(30(3)4)56-50(62)64-6/h11-14,19-22,25-30,41-44H,7-10,15-18,23-24H2,1-6H3,(H,51,53)(H,52,54)(H,55,61)(H,56,62)/t41-,42-,43?,44?/m0/s1. The molecule has 14 nitrogen and oxygen atoms in total. The highest BCUT2D eigenvalue weighted by molar-refractivity contribution is 5.87. The van der Waals surface area contributed by atoms with Gasteiger partial charge in [-0.1, -0.05) is 82.3 Å². The van der Waals surface area contributed by atoms with Gasteiger partial charge in [0.15, 0.2) is 0 Å². The molecule has 4 N–H and O–H groups in total. The Morgan fingerprint density at radius 2 is 1.05 bits per heavy atom. The predicted molar refractivity (Wildman–Crippen MR) is 244 cm³/mol. The number of carbonyl (C=O) groups is 4. The first-order chi connectivity index (χ1) is 30.9. The molecule has 3 aromatic carbocycles. The van der Waals surface area contributed by atoms with Crippen molar-refractivity contribution in [3.8, 4) is 33.6 Å². The number of alkyl carbamates (subject to hydrolysis) is 2. The number of amides is 4. The lowest BCUT2D eigenvalue weighted by molar-refractivity contribution is -0.136. The average Bonchev–Trinajstić information content (AvgIpc) is 4.15. The molecule has 5 aromatic rings. The normalized spacial score (nSPS) is 18.2. The third-order valence-corrected chi connectivity index (χ3v) is 13.2. The molecule has 0 radical (unpaired) electrons. The highest BCUT2D eigenvalue weighted by Crippen LogP contribution is 2.38. The van der Waals surface area contributed by atoms with Crippen LogP contribution in [0, 0.1) is 11.8 Å². The lowest BCUT2D eigenvalue weighted by atomic mass is 9.86. The zero-order valence-electron chi connectivity index (χ0n) is 37.7. The van der Waals surface area contributed by atoms with Crippen LogP contribution in [0.3, 0.4) is 0 Å². The van der Waals surface area contributed by atoms with Crippen molar-refractivity contribution < 1.29 is 28.7 Å². The van der Waals surface area contributed by atoms with Crippen LogP contribution in [-0.4, -0.2) is 93.1 Å². The summed E-state index contributed by atoms with van der Waals surface area (Å²) in [6, 6.07) is 20.3. The van der Waals surface area contributed by atoms with E-state index in [0.29, 0.717) is 13.1 Å². The summed E-state index contributed by atoms with van der Waals surface area (Å²) >= 11 is 0. The third-order valence-electron chi connectivity index (χ3n) is 13.2.